The van der Waals surface area contributed by atoms with E-state index >= 15 is 0 Å². The van der Waals surface area contributed by atoms with Crippen molar-refractivity contribution in [3.05, 3.63) is 21.4 Å². The lowest BCUT2D eigenvalue weighted by Crippen LogP contribution is -2.39. The van der Waals surface area contributed by atoms with Gasteiger partial charge in [-0.15, -0.1) is 11.3 Å². The number of carbonyl (C=O) groups is 3. The number of esters is 1. The summed E-state index contributed by atoms with van der Waals surface area (Å²) in [6.45, 7) is 3.59. The normalized spacial score (nSPS) is 17.8. The molecule has 23 heavy (non-hydrogen) atoms. The van der Waals surface area contributed by atoms with Crippen molar-refractivity contribution in [2.75, 3.05) is 7.11 Å². The average Bonchev–Trinajstić information content (AvgIpc) is 2.97. The molecule has 0 spiro atoms. The Morgan fingerprint density at radius 3 is 2.83 bits per heavy atom. The number of amides is 2. The van der Waals surface area contributed by atoms with E-state index in [-0.39, 0.29) is 0 Å². The quantitative estimate of drug-likeness (QED) is 0.853. The monoisotopic (exact) mass is 339 g/mol. The van der Waals surface area contributed by atoms with Crippen LogP contribution in [0.5, 0.6) is 0 Å². The molecular weight excluding hydrogens is 318 g/mol. The van der Waals surface area contributed by atoms with Gasteiger partial charge in [-0.05, 0) is 43.7 Å². The molecule has 1 aromatic heterocycles. The third-order valence-electron chi connectivity index (χ3n) is 4.03. The third-order valence-corrected chi connectivity index (χ3v) is 5.24. The number of alkyl carbamates (subject to hydrolysis) is 1. The van der Waals surface area contributed by atoms with Crippen molar-refractivity contribution >= 4 is 29.3 Å². The fourth-order valence-corrected chi connectivity index (χ4v) is 3.66. The summed E-state index contributed by atoms with van der Waals surface area (Å²) in [4.78, 5) is 36.6. The summed E-state index contributed by atoms with van der Waals surface area (Å²) in [5.74, 6) is -0.576. The van der Waals surface area contributed by atoms with Crippen LogP contribution >= 0.6 is 11.3 Å². The molecule has 6 nitrogen and oxygen atoms in total. The summed E-state index contributed by atoms with van der Waals surface area (Å²) in [6, 6.07) is 1.87. The van der Waals surface area contributed by atoms with E-state index in [1.807, 2.05) is 11.4 Å². The Balaban J connectivity index is 1.97. The number of fused-ring (bicyclic) bond motifs is 1. The molecule has 0 unspecified atom stereocenters. The second-order valence-corrected chi connectivity index (χ2v) is 6.74. The lowest BCUT2D eigenvalue weighted by Gasteiger charge is -2.19. The van der Waals surface area contributed by atoms with Gasteiger partial charge in [-0.3, -0.25) is 10.1 Å². The summed E-state index contributed by atoms with van der Waals surface area (Å²) >= 11 is 1.43. The zero-order valence-electron chi connectivity index (χ0n) is 13.5. The smallest absolute Gasteiger partial charge is 0.413 e. The summed E-state index contributed by atoms with van der Waals surface area (Å²) in [7, 11) is 1.15. The van der Waals surface area contributed by atoms with Crippen molar-refractivity contribution in [1.82, 2.24) is 5.32 Å². The Bertz CT molecular complexity index is 610. The van der Waals surface area contributed by atoms with Crippen LogP contribution in [0.25, 0.3) is 0 Å². The summed E-state index contributed by atoms with van der Waals surface area (Å²) in [6.07, 6.45) is 2.33. The first-order chi connectivity index (χ1) is 10.9. The molecule has 0 saturated carbocycles. The van der Waals surface area contributed by atoms with Gasteiger partial charge in [0.2, 0.25) is 0 Å². The number of ether oxygens (including phenoxy) is 2. The molecule has 1 aliphatic rings. The fourth-order valence-electron chi connectivity index (χ4n) is 2.57. The number of hydrogen-bond donors (Lipinski definition) is 1. The minimum absolute atomic E-state index is 0.504. The third kappa shape index (κ3) is 4.31. The molecular formula is C16H21NO5S. The first-order valence-corrected chi connectivity index (χ1v) is 8.47. The summed E-state index contributed by atoms with van der Waals surface area (Å²) in [5, 5.41) is 1.97. The second kappa shape index (κ2) is 7.59. The molecule has 0 fully saturated rings. The lowest BCUT2D eigenvalue weighted by molar-refractivity contribution is -0.128. The Morgan fingerprint density at radius 1 is 1.43 bits per heavy atom. The number of carbonyl (C=O) groups excluding carboxylic acids is 3. The van der Waals surface area contributed by atoms with E-state index in [0.29, 0.717) is 10.8 Å². The molecule has 2 amide bonds. The fraction of sp³-hybridized carbons (Fsp3) is 0.562. The number of rotatable bonds is 4. The zero-order chi connectivity index (χ0) is 17.0. The van der Waals surface area contributed by atoms with Crippen molar-refractivity contribution in [3.8, 4) is 0 Å². The maximum Gasteiger partial charge on any atom is 0.413 e. The molecule has 0 saturated heterocycles. The first kappa shape index (κ1) is 17.5. The molecule has 0 aliphatic heterocycles. The highest BCUT2D eigenvalue weighted by molar-refractivity contribution is 7.14. The SMILES string of the molecule is CC[C@H]1CCc2sc(C(=O)O[C@H](C)C(=O)NC(=O)OC)cc2C1. The van der Waals surface area contributed by atoms with Gasteiger partial charge < -0.3 is 9.47 Å². The minimum atomic E-state index is -1.07. The molecule has 0 aromatic carbocycles. The average molecular weight is 339 g/mol. The molecule has 126 valence electrons. The number of nitrogens with one attached hydrogen (secondary N) is 1. The number of methoxy groups -OCH3 is 1. The van der Waals surface area contributed by atoms with E-state index < -0.39 is 24.1 Å². The van der Waals surface area contributed by atoms with Gasteiger partial charge in [-0.25, -0.2) is 9.59 Å². The van der Waals surface area contributed by atoms with Crippen LogP contribution in [0, 0.1) is 5.92 Å². The lowest BCUT2D eigenvalue weighted by atomic mass is 9.87. The van der Waals surface area contributed by atoms with Gasteiger partial charge in [0.25, 0.3) is 5.91 Å². The largest absolute Gasteiger partial charge is 0.453 e. The Kier molecular flexibility index (Phi) is 5.76. The van der Waals surface area contributed by atoms with Crippen molar-refractivity contribution in [2.24, 2.45) is 5.92 Å². The molecule has 2 atom stereocenters. The standard InChI is InChI=1S/C16H21NO5S/c1-4-10-5-6-12-11(7-10)8-13(23-12)15(19)22-9(2)14(18)17-16(20)21-3/h8-10H,4-7H2,1-3H3,(H,17,18,20)/t9-,10+/m1/s1. The topological polar surface area (TPSA) is 81.7 Å². The highest BCUT2D eigenvalue weighted by atomic mass is 32.1. The van der Waals surface area contributed by atoms with E-state index in [1.54, 1.807) is 0 Å². The van der Waals surface area contributed by atoms with Gasteiger partial charge in [-0.2, -0.15) is 0 Å². The number of hydrogen-bond acceptors (Lipinski definition) is 6. The van der Waals surface area contributed by atoms with Gasteiger partial charge >= 0.3 is 12.1 Å². The van der Waals surface area contributed by atoms with E-state index in [2.05, 4.69) is 11.7 Å². The predicted octanol–water partition coefficient (Wildman–Crippen LogP) is 2.69. The van der Waals surface area contributed by atoms with Gasteiger partial charge in [-0.1, -0.05) is 13.3 Å². The molecule has 2 rings (SSSR count). The maximum absolute atomic E-state index is 12.2. The molecule has 7 heteroatoms. The minimum Gasteiger partial charge on any atom is -0.453 e. The van der Waals surface area contributed by atoms with Crippen molar-refractivity contribution in [1.29, 1.82) is 0 Å². The Hall–Kier alpha value is -1.89. The Morgan fingerprint density at radius 2 is 2.17 bits per heavy atom. The van der Waals surface area contributed by atoms with E-state index in [1.165, 1.54) is 28.7 Å². The zero-order valence-corrected chi connectivity index (χ0v) is 14.3. The van der Waals surface area contributed by atoms with E-state index in [0.717, 1.165) is 32.8 Å². The second-order valence-electron chi connectivity index (χ2n) is 5.60. The van der Waals surface area contributed by atoms with Gasteiger partial charge in [0, 0.05) is 4.88 Å². The molecule has 0 bridgehead atoms. The molecule has 1 aromatic rings. The summed E-state index contributed by atoms with van der Waals surface area (Å²) < 4.78 is 9.45. The first-order valence-electron chi connectivity index (χ1n) is 7.66. The van der Waals surface area contributed by atoms with Crippen LogP contribution in [0.1, 0.15) is 46.8 Å². The van der Waals surface area contributed by atoms with E-state index in [4.69, 9.17) is 4.74 Å². The maximum atomic E-state index is 12.2. The Labute approximate surface area is 139 Å². The van der Waals surface area contributed by atoms with Crippen LogP contribution in [0.15, 0.2) is 6.07 Å². The predicted molar refractivity (Wildman–Crippen MR) is 85.6 cm³/mol. The van der Waals surface area contributed by atoms with Crippen LogP contribution in [-0.2, 0) is 27.1 Å². The van der Waals surface area contributed by atoms with Crippen LogP contribution in [-0.4, -0.2) is 31.2 Å². The molecule has 1 heterocycles. The highest BCUT2D eigenvalue weighted by Crippen LogP contribution is 2.33. The number of aryl methyl sites for hydroxylation is 1. The molecule has 0 radical (unpaired) electrons. The number of thiophene rings is 1. The van der Waals surface area contributed by atoms with Crippen molar-refractivity contribution in [2.45, 2.75) is 45.6 Å². The van der Waals surface area contributed by atoms with Crippen molar-refractivity contribution < 1.29 is 23.9 Å². The van der Waals surface area contributed by atoms with Crippen LogP contribution < -0.4 is 5.32 Å². The number of imide groups is 1. The highest BCUT2D eigenvalue weighted by Gasteiger charge is 2.25. The summed E-state index contributed by atoms with van der Waals surface area (Å²) in [5.41, 5.74) is 1.21. The molecule has 1 aliphatic carbocycles. The van der Waals surface area contributed by atoms with Gasteiger partial charge in [0.05, 0.1) is 7.11 Å². The van der Waals surface area contributed by atoms with Crippen LogP contribution in [0.4, 0.5) is 4.79 Å². The van der Waals surface area contributed by atoms with Crippen LogP contribution in [0.3, 0.4) is 0 Å². The van der Waals surface area contributed by atoms with Crippen molar-refractivity contribution in [3.63, 3.8) is 0 Å². The molecule has 1 N–H and O–H groups in total. The van der Waals surface area contributed by atoms with Gasteiger partial charge in [0.15, 0.2) is 6.10 Å². The van der Waals surface area contributed by atoms with Gasteiger partial charge in [0.1, 0.15) is 4.88 Å². The van der Waals surface area contributed by atoms with E-state index in [9.17, 15) is 14.4 Å². The van der Waals surface area contributed by atoms with Crippen LogP contribution in [0.2, 0.25) is 0 Å².